The lowest BCUT2D eigenvalue weighted by Gasteiger charge is -2.05. The van der Waals surface area contributed by atoms with E-state index in [4.69, 9.17) is 0 Å². The summed E-state index contributed by atoms with van der Waals surface area (Å²) in [5.74, 6) is 0. The zero-order valence-electron chi connectivity index (χ0n) is 4.82. The van der Waals surface area contributed by atoms with Crippen molar-refractivity contribution in [3.05, 3.63) is 0 Å². The van der Waals surface area contributed by atoms with Crippen LogP contribution >= 0.6 is 12.6 Å². The standard InChI is InChI=1S/C5H10F2S/c1-2-3-4-5(6,7)8/h8H,2-4H2,1H3. The van der Waals surface area contributed by atoms with E-state index >= 15 is 0 Å². The smallest absolute Gasteiger partial charge is 0.195 e. The maximum Gasteiger partial charge on any atom is 0.291 e. The third-order valence-corrected chi connectivity index (χ3v) is 1.05. The molecule has 0 unspecified atom stereocenters. The molecule has 0 aliphatic heterocycles. The summed E-state index contributed by atoms with van der Waals surface area (Å²) < 4.78 is 23.5. The molecule has 0 bridgehead atoms. The van der Waals surface area contributed by atoms with Gasteiger partial charge in [-0.2, -0.15) is 8.78 Å². The molecule has 0 fully saturated rings. The fourth-order valence-corrected chi connectivity index (χ4v) is 0.548. The molecule has 3 heteroatoms. The van der Waals surface area contributed by atoms with Crippen LogP contribution in [0.2, 0.25) is 0 Å². The van der Waals surface area contributed by atoms with Gasteiger partial charge in [0, 0.05) is 6.42 Å². The van der Waals surface area contributed by atoms with Crippen LogP contribution in [0.3, 0.4) is 0 Å². The third kappa shape index (κ3) is 6.21. The maximum atomic E-state index is 11.8. The molecule has 0 saturated heterocycles. The predicted octanol–water partition coefficient (Wildman–Crippen LogP) is 2.70. The Bertz CT molecular complexity index is 57.9. The van der Waals surface area contributed by atoms with Gasteiger partial charge in [0.1, 0.15) is 0 Å². The van der Waals surface area contributed by atoms with Crippen molar-refractivity contribution in [3.8, 4) is 0 Å². The number of unbranched alkanes of at least 4 members (excludes halogenated alkanes) is 1. The first kappa shape index (κ1) is 8.21. The second-order valence-corrected chi connectivity index (χ2v) is 2.42. The van der Waals surface area contributed by atoms with E-state index in [9.17, 15) is 8.78 Å². The summed E-state index contributed by atoms with van der Waals surface area (Å²) >= 11 is 3.06. The first-order valence-corrected chi connectivity index (χ1v) is 3.11. The van der Waals surface area contributed by atoms with Crippen molar-refractivity contribution in [1.29, 1.82) is 0 Å². The number of halogens is 2. The van der Waals surface area contributed by atoms with Gasteiger partial charge in [0.2, 0.25) is 0 Å². The van der Waals surface area contributed by atoms with E-state index in [2.05, 4.69) is 12.6 Å². The molecule has 8 heavy (non-hydrogen) atoms. The Balaban J connectivity index is 3.11. The van der Waals surface area contributed by atoms with E-state index in [1.807, 2.05) is 6.92 Å². The Kier molecular flexibility index (Phi) is 3.36. The van der Waals surface area contributed by atoms with Gasteiger partial charge in [-0.05, 0) is 6.42 Å². The Morgan fingerprint density at radius 3 is 2.12 bits per heavy atom. The van der Waals surface area contributed by atoms with Crippen molar-refractivity contribution in [2.24, 2.45) is 0 Å². The van der Waals surface area contributed by atoms with Gasteiger partial charge in [0.25, 0.3) is 5.25 Å². The number of hydrogen-bond acceptors (Lipinski definition) is 1. The Labute approximate surface area is 53.7 Å². The van der Waals surface area contributed by atoms with Crippen LogP contribution in [0.5, 0.6) is 0 Å². The molecule has 0 nitrogen and oxygen atoms in total. The third-order valence-electron chi connectivity index (χ3n) is 0.831. The summed E-state index contributed by atoms with van der Waals surface area (Å²) in [7, 11) is 0. The van der Waals surface area contributed by atoms with Crippen molar-refractivity contribution in [3.63, 3.8) is 0 Å². The van der Waals surface area contributed by atoms with Crippen LogP contribution in [0.25, 0.3) is 0 Å². The van der Waals surface area contributed by atoms with Crippen LogP contribution < -0.4 is 0 Å². The van der Waals surface area contributed by atoms with Gasteiger partial charge < -0.3 is 0 Å². The minimum Gasteiger partial charge on any atom is -0.195 e. The second kappa shape index (κ2) is 3.28. The van der Waals surface area contributed by atoms with Crippen LogP contribution in [0.1, 0.15) is 26.2 Å². The van der Waals surface area contributed by atoms with Crippen LogP contribution in [-0.2, 0) is 0 Å². The summed E-state index contributed by atoms with van der Waals surface area (Å²) in [6.07, 6.45) is 1.25. The molecule has 0 atom stereocenters. The lowest BCUT2D eigenvalue weighted by molar-refractivity contribution is 0.0955. The average Bonchev–Trinajstić information content (AvgIpc) is 1.59. The van der Waals surface area contributed by atoms with E-state index in [-0.39, 0.29) is 6.42 Å². The molecule has 0 radical (unpaired) electrons. The molecule has 0 N–H and O–H groups in total. The molecule has 0 saturated carbocycles. The normalized spacial score (nSPS) is 12.0. The molecule has 0 rings (SSSR count). The van der Waals surface area contributed by atoms with Gasteiger partial charge in [0.05, 0.1) is 0 Å². The van der Waals surface area contributed by atoms with Crippen LogP contribution in [0.4, 0.5) is 8.78 Å². The molecule has 50 valence electrons. The SMILES string of the molecule is CCCCC(F)(F)S. The molecule has 0 amide bonds. The first-order valence-electron chi connectivity index (χ1n) is 2.66. The average molecular weight is 140 g/mol. The van der Waals surface area contributed by atoms with Crippen LogP contribution in [-0.4, -0.2) is 5.25 Å². The molecule has 0 heterocycles. The molecular weight excluding hydrogens is 130 g/mol. The molecule has 0 aliphatic carbocycles. The van der Waals surface area contributed by atoms with Gasteiger partial charge in [-0.25, -0.2) is 0 Å². The zero-order chi connectivity index (χ0) is 6.62. The van der Waals surface area contributed by atoms with E-state index in [1.54, 1.807) is 0 Å². The van der Waals surface area contributed by atoms with Gasteiger partial charge in [-0.3, -0.25) is 0 Å². The largest absolute Gasteiger partial charge is 0.291 e. The summed E-state index contributed by atoms with van der Waals surface area (Å²) in [5, 5.41) is -2.75. The lowest BCUT2D eigenvalue weighted by atomic mass is 10.3. The van der Waals surface area contributed by atoms with E-state index in [0.29, 0.717) is 6.42 Å². The lowest BCUT2D eigenvalue weighted by Crippen LogP contribution is -2.03. The number of hydrogen-bond donors (Lipinski definition) is 1. The molecule has 0 aromatic heterocycles. The van der Waals surface area contributed by atoms with Gasteiger partial charge in [-0.1, -0.05) is 13.3 Å². The fraction of sp³-hybridized carbons (Fsp3) is 1.00. The van der Waals surface area contributed by atoms with Crippen molar-refractivity contribution >= 4 is 12.6 Å². The Morgan fingerprint density at radius 2 is 2.00 bits per heavy atom. The number of alkyl halides is 2. The highest BCUT2D eigenvalue weighted by atomic mass is 32.1. The summed E-state index contributed by atoms with van der Waals surface area (Å²) in [6, 6.07) is 0. The van der Waals surface area contributed by atoms with E-state index in [0.717, 1.165) is 6.42 Å². The summed E-state index contributed by atoms with van der Waals surface area (Å²) in [4.78, 5) is 0. The van der Waals surface area contributed by atoms with Gasteiger partial charge >= 0.3 is 0 Å². The first-order chi connectivity index (χ1) is 3.56. The molecule has 0 spiro atoms. The van der Waals surface area contributed by atoms with Crippen molar-refractivity contribution in [2.45, 2.75) is 31.4 Å². The highest BCUT2D eigenvalue weighted by molar-refractivity contribution is 7.81. The second-order valence-electron chi connectivity index (χ2n) is 1.77. The van der Waals surface area contributed by atoms with E-state index < -0.39 is 5.25 Å². The summed E-state index contributed by atoms with van der Waals surface area (Å²) in [5.41, 5.74) is 0. The monoisotopic (exact) mass is 140 g/mol. The fourth-order valence-electron chi connectivity index (χ4n) is 0.389. The minimum atomic E-state index is -2.75. The Hall–Kier alpha value is 0.210. The van der Waals surface area contributed by atoms with Crippen molar-refractivity contribution < 1.29 is 8.78 Å². The number of rotatable bonds is 3. The maximum absolute atomic E-state index is 11.8. The highest BCUT2D eigenvalue weighted by Crippen LogP contribution is 2.24. The van der Waals surface area contributed by atoms with Gasteiger partial charge in [-0.15, -0.1) is 12.6 Å². The molecule has 0 aliphatic rings. The van der Waals surface area contributed by atoms with Crippen LogP contribution in [0, 0.1) is 0 Å². The Morgan fingerprint density at radius 1 is 1.50 bits per heavy atom. The molecule has 0 aromatic rings. The molecular formula is C5H10F2S. The van der Waals surface area contributed by atoms with Gasteiger partial charge in [0.15, 0.2) is 0 Å². The highest BCUT2D eigenvalue weighted by Gasteiger charge is 2.20. The molecule has 0 aromatic carbocycles. The van der Waals surface area contributed by atoms with Crippen molar-refractivity contribution in [1.82, 2.24) is 0 Å². The topological polar surface area (TPSA) is 0 Å². The predicted molar refractivity (Wildman–Crippen MR) is 33.5 cm³/mol. The van der Waals surface area contributed by atoms with E-state index in [1.165, 1.54) is 0 Å². The van der Waals surface area contributed by atoms with Crippen LogP contribution in [0.15, 0.2) is 0 Å². The summed E-state index contributed by atoms with van der Waals surface area (Å²) in [6.45, 7) is 1.87. The minimum absolute atomic E-state index is 0.105. The number of thiol groups is 1. The quantitative estimate of drug-likeness (QED) is 0.572. The van der Waals surface area contributed by atoms with Crippen molar-refractivity contribution in [2.75, 3.05) is 0 Å². The zero-order valence-corrected chi connectivity index (χ0v) is 5.72.